The zero-order valence-electron chi connectivity index (χ0n) is 20.2. The molecule has 1 N–H and O–H groups in total. The molecule has 0 unspecified atom stereocenters. The summed E-state index contributed by atoms with van der Waals surface area (Å²) < 4.78 is 74.8. The molecule has 4 rings (SSSR count). The summed E-state index contributed by atoms with van der Waals surface area (Å²) in [6, 6.07) is 15.2. The number of sulfonamides is 1. The van der Waals surface area contributed by atoms with Crippen LogP contribution < -0.4 is 14.4 Å². The largest absolute Gasteiger partial charge is 0.494 e. The minimum atomic E-state index is -4.71. The number of rotatable bonds is 8. The van der Waals surface area contributed by atoms with E-state index in [-0.39, 0.29) is 9.90 Å². The van der Waals surface area contributed by atoms with Crippen LogP contribution in [0.3, 0.4) is 0 Å². The molecule has 1 amide bonds. The van der Waals surface area contributed by atoms with Crippen molar-refractivity contribution in [1.29, 1.82) is 0 Å². The van der Waals surface area contributed by atoms with Gasteiger partial charge in [0.15, 0.2) is 0 Å². The highest BCUT2D eigenvalue weighted by molar-refractivity contribution is 7.95. The predicted octanol–water partition coefficient (Wildman–Crippen LogP) is 7.11. The van der Waals surface area contributed by atoms with E-state index >= 15 is 0 Å². The van der Waals surface area contributed by atoms with Gasteiger partial charge in [0, 0.05) is 15.4 Å². The van der Waals surface area contributed by atoms with Crippen LogP contribution in [0, 0.1) is 6.92 Å². The average Bonchev–Trinajstić information content (AvgIpc) is 3.20. The van der Waals surface area contributed by atoms with E-state index in [9.17, 15) is 26.4 Å². The maximum absolute atomic E-state index is 13.9. The van der Waals surface area contributed by atoms with Gasteiger partial charge >= 0.3 is 6.18 Å². The lowest BCUT2D eigenvalue weighted by Gasteiger charge is -2.24. The van der Waals surface area contributed by atoms with E-state index in [4.69, 9.17) is 16.3 Å². The number of ether oxygens (including phenoxy) is 1. The second-order valence-corrected chi connectivity index (χ2v) is 11.8. The fourth-order valence-corrected chi connectivity index (χ4v) is 7.23. The first-order valence-electron chi connectivity index (χ1n) is 11.3. The van der Waals surface area contributed by atoms with Crippen molar-refractivity contribution in [3.05, 3.63) is 82.9 Å². The van der Waals surface area contributed by atoms with Crippen LogP contribution in [0.1, 0.15) is 18.1 Å². The highest BCUT2D eigenvalue weighted by atomic mass is 35.5. The lowest BCUT2D eigenvalue weighted by Crippen LogP contribution is -2.38. The number of alkyl halides is 3. The van der Waals surface area contributed by atoms with Gasteiger partial charge in [-0.1, -0.05) is 17.7 Å². The summed E-state index contributed by atoms with van der Waals surface area (Å²) in [5, 5.41) is 3.60. The Hall–Kier alpha value is -3.28. The number of hydrogen-bond donors (Lipinski definition) is 1. The number of fused-ring (bicyclic) bond motifs is 1. The quantitative estimate of drug-likeness (QED) is 0.240. The number of aryl methyl sites for hydroxylation is 1. The van der Waals surface area contributed by atoms with Crippen LogP contribution in [0.2, 0.25) is 5.02 Å². The van der Waals surface area contributed by atoms with Crippen molar-refractivity contribution >= 4 is 60.3 Å². The fraction of sp³-hybridized carbons (Fsp3) is 0.192. The number of nitrogens with zero attached hydrogens (tertiary/aromatic N) is 1. The first kappa shape index (κ1) is 27.7. The highest BCUT2D eigenvalue weighted by Crippen LogP contribution is 2.39. The van der Waals surface area contributed by atoms with Crippen molar-refractivity contribution in [2.75, 3.05) is 22.8 Å². The zero-order valence-corrected chi connectivity index (χ0v) is 22.6. The van der Waals surface area contributed by atoms with E-state index in [0.29, 0.717) is 49.1 Å². The fourth-order valence-electron chi connectivity index (χ4n) is 3.80. The van der Waals surface area contributed by atoms with Gasteiger partial charge in [-0.15, -0.1) is 11.3 Å². The molecule has 38 heavy (non-hydrogen) atoms. The predicted molar refractivity (Wildman–Crippen MR) is 144 cm³/mol. The van der Waals surface area contributed by atoms with Crippen LogP contribution >= 0.6 is 22.9 Å². The summed E-state index contributed by atoms with van der Waals surface area (Å²) in [6.07, 6.45) is -4.71. The highest BCUT2D eigenvalue weighted by Gasteiger charge is 2.34. The Balaban J connectivity index is 1.74. The van der Waals surface area contributed by atoms with Gasteiger partial charge < -0.3 is 10.1 Å². The van der Waals surface area contributed by atoms with Crippen molar-refractivity contribution in [1.82, 2.24) is 0 Å². The summed E-state index contributed by atoms with van der Waals surface area (Å²) in [5.74, 6) is -0.157. The minimum absolute atomic E-state index is 0.0963. The summed E-state index contributed by atoms with van der Waals surface area (Å²) in [5.41, 5.74) is -0.581. The summed E-state index contributed by atoms with van der Waals surface area (Å²) >= 11 is 7.04. The van der Waals surface area contributed by atoms with Crippen molar-refractivity contribution in [3.8, 4) is 5.75 Å². The SMILES string of the molecule is CCOc1ccc(NC(=O)CN(c2cccc(C(F)(F)F)c2)S(=O)(=O)c2sc3ccc(Cl)cc3c2C)cc1. The third kappa shape index (κ3) is 5.90. The molecule has 6 nitrogen and oxygen atoms in total. The van der Waals surface area contributed by atoms with Gasteiger partial charge in [-0.3, -0.25) is 9.10 Å². The van der Waals surface area contributed by atoms with E-state index in [2.05, 4.69) is 5.32 Å². The lowest BCUT2D eigenvalue weighted by atomic mass is 10.2. The molecule has 0 aliphatic rings. The van der Waals surface area contributed by atoms with Crippen molar-refractivity contribution < 1.29 is 31.1 Å². The molecular weight excluding hydrogens is 561 g/mol. The molecule has 0 fully saturated rings. The molecule has 0 radical (unpaired) electrons. The number of amides is 1. The molecular formula is C26H22ClF3N2O4S2. The van der Waals surface area contributed by atoms with Crippen LogP contribution in [0.25, 0.3) is 10.1 Å². The molecule has 1 aromatic heterocycles. The Bertz CT molecular complexity index is 1590. The Labute approximate surface area is 226 Å². The standard InChI is InChI=1S/C26H22ClF3N2O4S2/c1-3-36-21-10-8-19(9-11-21)31-24(33)15-32(20-6-4-5-17(13-20)26(28,29)30)38(34,35)25-16(2)22-14-18(27)7-12-23(22)37-25/h4-14H,3,15H2,1-2H3,(H,31,33). The molecule has 0 spiro atoms. The molecule has 0 saturated carbocycles. The Morgan fingerprint density at radius 2 is 1.79 bits per heavy atom. The number of hydrogen-bond acceptors (Lipinski definition) is 5. The first-order valence-corrected chi connectivity index (χ1v) is 13.9. The Kier molecular flexibility index (Phi) is 7.91. The van der Waals surface area contributed by atoms with Crippen molar-refractivity contribution in [3.63, 3.8) is 0 Å². The van der Waals surface area contributed by atoms with Crippen molar-refractivity contribution in [2.45, 2.75) is 24.2 Å². The summed E-state index contributed by atoms with van der Waals surface area (Å²) in [6.45, 7) is 3.11. The Morgan fingerprint density at radius 3 is 2.45 bits per heavy atom. The van der Waals surface area contributed by atoms with Crippen molar-refractivity contribution in [2.24, 2.45) is 0 Å². The van der Waals surface area contributed by atoms with Gasteiger partial charge in [-0.2, -0.15) is 13.2 Å². The average molecular weight is 583 g/mol. The maximum atomic E-state index is 13.9. The summed E-state index contributed by atoms with van der Waals surface area (Å²) in [4.78, 5) is 13.0. The molecule has 4 aromatic rings. The smallest absolute Gasteiger partial charge is 0.416 e. The van der Waals surface area contributed by atoms with Crippen LogP contribution in [0.4, 0.5) is 24.5 Å². The summed E-state index contributed by atoms with van der Waals surface area (Å²) in [7, 11) is -4.46. The molecule has 0 aliphatic heterocycles. The number of anilines is 2. The normalized spacial score (nSPS) is 11.9. The third-order valence-corrected chi connectivity index (χ3v) is 9.46. The molecule has 12 heteroatoms. The number of nitrogens with one attached hydrogen (secondary N) is 1. The number of carbonyl (C=O) groups excluding carboxylic acids is 1. The van der Waals surface area contributed by atoms with Crippen LogP contribution in [-0.4, -0.2) is 27.5 Å². The molecule has 1 heterocycles. The molecule has 0 saturated heterocycles. The molecule has 0 aliphatic carbocycles. The van der Waals surface area contributed by atoms with Gasteiger partial charge in [-0.25, -0.2) is 8.42 Å². The second kappa shape index (κ2) is 10.8. The van der Waals surface area contributed by atoms with Gasteiger partial charge in [-0.05, 0) is 85.5 Å². The third-order valence-electron chi connectivity index (χ3n) is 5.58. The van der Waals surface area contributed by atoms with Gasteiger partial charge in [0.2, 0.25) is 5.91 Å². The molecule has 0 bridgehead atoms. The lowest BCUT2D eigenvalue weighted by molar-refractivity contribution is -0.137. The van der Waals surface area contributed by atoms with Crippen LogP contribution in [0.15, 0.2) is 70.9 Å². The van der Waals surface area contributed by atoms with E-state index in [1.54, 1.807) is 49.4 Å². The molecule has 0 atom stereocenters. The van der Waals surface area contributed by atoms with E-state index in [0.717, 1.165) is 23.5 Å². The van der Waals surface area contributed by atoms with E-state index < -0.39 is 34.2 Å². The monoisotopic (exact) mass is 582 g/mol. The van der Waals surface area contributed by atoms with Gasteiger partial charge in [0.25, 0.3) is 10.0 Å². The van der Waals surface area contributed by atoms with E-state index in [1.165, 1.54) is 6.07 Å². The number of benzene rings is 3. The molecule has 3 aromatic carbocycles. The minimum Gasteiger partial charge on any atom is -0.494 e. The van der Waals surface area contributed by atoms with E-state index in [1.807, 2.05) is 6.92 Å². The molecule has 200 valence electrons. The zero-order chi connectivity index (χ0) is 27.7. The topological polar surface area (TPSA) is 75.7 Å². The van der Waals surface area contributed by atoms with Gasteiger partial charge in [0.05, 0.1) is 17.9 Å². The number of thiophene rings is 1. The maximum Gasteiger partial charge on any atom is 0.416 e. The van der Waals surface area contributed by atoms with Crippen LogP contribution in [-0.2, 0) is 21.0 Å². The van der Waals surface area contributed by atoms with Crippen LogP contribution in [0.5, 0.6) is 5.75 Å². The number of halogens is 4. The first-order chi connectivity index (χ1) is 17.9. The second-order valence-electron chi connectivity index (χ2n) is 8.22. The number of carbonyl (C=O) groups is 1. The Morgan fingerprint density at radius 1 is 1.08 bits per heavy atom. The van der Waals surface area contributed by atoms with Gasteiger partial charge in [0.1, 0.15) is 16.5 Å².